The van der Waals surface area contributed by atoms with Crippen LogP contribution >= 0.6 is 0 Å². The van der Waals surface area contributed by atoms with Crippen LogP contribution in [-0.2, 0) is 8.68 Å². The fourth-order valence-corrected chi connectivity index (χ4v) is 17.5. The van der Waals surface area contributed by atoms with E-state index < -0.39 is 24.4 Å². The van der Waals surface area contributed by atoms with Crippen molar-refractivity contribution in [2.75, 3.05) is 0 Å². The summed E-state index contributed by atoms with van der Waals surface area (Å²) in [6.07, 6.45) is 9.36. The molecule has 0 aliphatic rings. The maximum absolute atomic E-state index is 11.4. The van der Waals surface area contributed by atoms with Gasteiger partial charge in [0.05, 0.1) is 0 Å². The second-order valence-electron chi connectivity index (χ2n) is 8.98. The first-order valence-electron chi connectivity index (χ1n) is 12.2. The van der Waals surface area contributed by atoms with Crippen molar-refractivity contribution < 1.29 is 8.18 Å². The Morgan fingerprint density at radius 1 is 0.806 bits per heavy atom. The Balaban J connectivity index is 2.49. The summed E-state index contributed by atoms with van der Waals surface area (Å²) in [7, 11) is 0. The Labute approximate surface area is 195 Å². The quantitative estimate of drug-likeness (QED) is 0.197. The van der Waals surface area contributed by atoms with Crippen LogP contribution in [0.4, 0.5) is 0 Å². The van der Waals surface area contributed by atoms with E-state index in [4.69, 9.17) is 3.07 Å². The predicted octanol–water partition coefficient (Wildman–Crippen LogP) is 8.30. The average Bonchev–Trinajstić information content (AvgIpc) is 2.80. The van der Waals surface area contributed by atoms with Crippen molar-refractivity contribution in [1.82, 2.24) is 0 Å². The van der Waals surface area contributed by atoms with Crippen molar-refractivity contribution in [2.45, 2.75) is 85.1 Å². The molecule has 0 bridgehead atoms. The van der Waals surface area contributed by atoms with Gasteiger partial charge in [-0.1, -0.05) is 0 Å². The Morgan fingerprint density at radius 3 is 1.71 bits per heavy atom. The fraction of sp³-hybridized carbons (Fsp3) is 0.500. The molecule has 0 aromatic heterocycles. The average molecular weight is 529 g/mol. The summed E-state index contributed by atoms with van der Waals surface area (Å²) in [5.74, 6) is 0.883. The zero-order chi connectivity index (χ0) is 22.6. The van der Waals surface area contributed by atoms with E-state index in [1.54, 1.807) is 0 Å². The van der Waals surface area contributed by atoms with Crippen LogP contribution in [-0.4, -0.2) is 23.9 Å². The molecule has 31 heavy (non-hydrogen) atoms. The van der Waals surface area contributed by atoms with Crippen LogP contribution in [0.15, 0.2) is 66.7 Å². The van der Waals surface area contributed by atoms with Gasteiger partial charge < -0.3 is 0 Å². The van der Waals surface area contributed by atoms with Crippen LogP contribution in [0.5, 0.6) is 0 Å². The van der Waals surface area contributed by atoms with E-state index in [0.29, 0.717) is 0 Å². The standard InChI is InChI=1S/C16H16O2.3C4H9.Sn/c1-16(18,14-10-6-3-7-11-14)12-15(17)13-8-4-2-5-9-13;3*1-3-4-2;/h2-12,17-18H,1H3;3*1,3-4H2,2H3;/q;;;;+1/p-1/b15-12-;;;;. The first kappa shape index (κ1) is 26.0. The number of rotatable bonds is 14. The zero-order valence-electron chi connectivity index (χ0n) is 20.1. The van der Waals surface area contributed by atoms with Gasteiger partial charge in [0.25, 0.3) is 0 Å². The third-order valence-corrected chi connectivity index (χ3v) is 18.8. The fourth-order valence-electron chi connectivity index (χ4n) is 4.15. The molecule has 2 rings (SSSR count). The number of hydrogen-bond donors (Lipinski definition) is 1. The Morgan fingerprint density at radius 2 is 1.26 bits per heavy atom. The zero-order valence-corrected chi connectivity index (χ0v) is 22.9. The summed E-state index contributed by atoms with van der Waals surface area (Å²) in [6.45, 7) is 8.72. The molecular weight excluding hydrogens is 487 g/mol. The van der Waals surface area contributed by atoms with E-state index in [0.717, 1.165) is 16.9 Å². The topological polar surface area (TPSA) is 29.5 Å². The molecule has 0 saturated carbocycles. The van der Waals surface area contributed by atoms with Gasteiger partial charge in [-0.2, -0.15) is 0 Å². The molecule has 1 N–H and O–H groups in total. The Kier molecular flexibility index (Phi) is 11.2. The Hall–Kier alpha value is -1.26. The van der Waals surface area contributed by atoms with Gasteiger partial charge in [-0.25, -0.2) is 0 Å². The molecule has 0 saturated heterocycles. The number of aliphatic hydroxyl groups is 1. The molecule has 1 atom stereocenters. The second-order valence-corrected chi connectivity index (χ2v) is 20.6. The molecule has 2 nitrogen and oxygen atoms in total. The van der Waals surface area contributed by atoms with E-state index in [1.165, 1.54) is 51.8 Å². The van der Waals surface area contributed by atoms with Crippen LogP contribution in [0.1, 0.15) is 77.3 Å². The number of benzene rings is 2. The van der Waals surface area contributed by atoms with Crippen LogP contribution in [0.25, 0.3) is 5.76 Å². The minimum absolute atomic E-state index is 0.883. The molecule has 2 aromatic rings. The first-order valence-corrected chi connectivity index (χ1v) is 19.4. The van der Waals surface area contributed by atoms with E-state index in [1.807, 2.05) is 49.4 Å². The number of unbranched alkanes of at least 4 members (excludes halogenated alkanes) is 3. The van der Waals surface area contributed by atoms with Gasteiger partial charge in [-0.15, -0.1) is 0 Å². The first-order chi connectivity index (χ1) is 15.0. The van der Waals surface area contributed by atoms with Crippen LogP contribution < -0.4 is 0 Å². The summed E-state index contributed by atoms with van der Waals surface area (Å²) in [6, 6.07) is 20.3. The molecule has 2 aromatic carbocycles. The molecule has 0 spiro atoms. The summed E-state index contributed by atoms with van der Waals surface area (Å²) in [5.41, 5.74) is 0.886. The molecule has 0 fully saturated rings. The summed E-state index contributed by atoms with van der Waals surface area (Å²) >= 11 is -2.91. The molecule has 3 heteroatoms. The number of hydrogen-bond acceptors (Lipinski definition) is 2. The van der Waals surface area contributed by atoms with E-state index in [2.05, 4.69) is 45.0 Å². The minimum atomic E-state index is -2.91. The normalized spacial score (nSPS) is 14.3. The summed E-state index contributed by atoms with van der Waals surface area (Å²) in [5, 5.41) is 11.4. The molecule has 0 heterocycles. The monoisotopic (exact) mass is 530 g/mol. The van der Waals surface area contributed by atoms with Crippen molar-refractivity contribution in [3.8, 4) is 0 Å². The summed E-state index contributed by atoms with van der Waals surface area (Å²) < 4.78 is 11.0. The van der Waals surface area contributed by atoms with Crippen LogP contribution in [0.2, 0.25) is 13.3 Å². The molecule has 0 aliphatic heterocycles. The van der Waals surface area contributed by atoms with Gasteiger partial charge in [0.1, 0.15) is 0 Å². The van der Waals surface area contributed by atoms with Crippen molar-refractivity contribution in [3.05, 3.63) is 77.9 Å². The maximum atomic E-state index is 11.4. The molecule has 0 amide bonds. The SMILES string of the molecule is CCC[CH2][Sn]([CH2]CCC)([CH2]CCC)[O]/C(=C\C(C)(O)c1ccccc1)c1ccccc1. The molecule has 0 aliphatic carbocycles. The molecule has 170 valence electrons. The predicted molar refractivity (Wildman–Crippen MR) is 136 cm³/mol. The van der Waals surface area contributed by atoms with Gasteiger partial charge in [-0.3, -0.25) is 0 Å². The third kappa shape index (κ3) is 8.31. The third-order valence-electron chi connectivity index (χ3n) is 6.11. The molecule has 0 radical (unpaired) electrons. The van der Waals surface area contributed by atoms with Gasteiger partial charge in [0, 0.05) is 0 Å². The van der Waals surface area contributed by atoms with Crippen LogP contribution in [0, 0.1) is 0 Å². The van der Waals surface area contributed by atoms with Gasteiger partial charge in [-0.05, 0) is 0 Å². The Bertz CT molecular complexity index is 746. The van der Waals surface area contributed by atoms with Gasteiger partial charge in [0.15, 0.2) is 0 Å². The molecule has 1 unspecified atom stereocenters. The van der Waals surface area contributed by atoms with Crippen molar-refractivity contribution in [2.24, 2.45) is 0 Å². The van der Waals surface area contributed by atoms with Gasteiger partial charge in [0.2, 0.25) is 0 Å². The molecular formula is C28H42O2Sn. The van der Waals surface area contributed by atoms with E-state index >= 15 is 0 Å². The van der Waals surface area contributed by atoms with E-state index in [-0.39, 0.29) is 0 Å². The van der Waals surface area contributed by atoms with Crippen molar-refractivity contribution in [1.29, 1.82) is 0 Å². The van der Waals surface area contributed by atoms with Crippen LogP contribution in [0.3, 0.4) is 0 Å². The van der Waals surface area contributed by atoms with E-state index in [9.17, 15) is 5.11 Å². The summed E-state index contributed by atoms with van der Waals surface area (Å²) in [4.78, 5) is 0. The van der Waals surface area contributed by atoms with Crippen molar-refractivity contribution in [3.63, 3.8) is 0 Å². The van der Waals surface area contributed by atoms with Gasteiger partial charge >= 0.3 is 196 Å². The van der Waals surface area contributed by atoms with Crippen molar-refractivity contribution >= 4 is 24.6 Å². The second kappa shape index (κ2) is 13.3.